The highest BCUT2D eigenvalue weighted by atomic mass is 16.5. The van der Waals surface area contributed by atoms with Crippen molar-refractivity contribution < 1.29 is 14.3 Å². The first kappa shape index (κ1) is 19.7. The Morgan fingerprint density at radius 3 is 2.68 bits per heavy atom. The molecule has 1 amide bonds. The first-order chi connectivity index (χ1) is 13.7. The number of hydrogen-bond acceptors (Lipinski definition) is 5. The fourth-order valence-electron chi connectivity index (χ4n) is 3.48. The minimum Gasteiger partial charge on any atom is -0.493 e. The first-order valence-electron chi connectivity index (χ1n) is 9.57. The van der Waals surface area contributed by atoms with Gasteiger partial charge in [-0.05, 0) is 49.1 Å². The van der Waals surface area contributed by atoms with E-state index in [4.69, 9.17) is 9.47 Å². The summed E-state index contributed by atoms with van der Waals surface area (Å²) in [6.45, 7) is 3.18. The average molecular weight is 381 g/mol. The van der Waals surface area contributed by atoms with Crippen molar-refractivity contribution in [1.29, 1.82) is 0 Å². The molecule has 6 nitrogen and oxygen atoms in total. The van der Waals surface area contributed by atoms with E-state index in [0.29, 0.717) is 24.5 Å². The summed E-state index contributed by atoms with van der Waals surface area (Å²) in [6.07, 6.45) is 2.80. The lowest BCUT2D eigenvalue weighted by Gasteiger charge is -2.30. The predicted molar refractivity (Wildman–Crippen MR) is 111 cm³/mol. The number of fused-ring (bicyclic) bond motifs is 1. The monoisotopic (exact) mass is 381 g/mol. The van der Waals surface area contributed by atoms with E-state index in [1.54, 1.807) is 14.2 Å². The number of hydrogen-bond donors (Lipinski definition) is 1. The van der Waals surface area contributed by atoms with Crippen LogP contribution in [0.25, 0.3) is 0 Å². The quantitative estimate of drug-likeness (QED) is 0.590. The van der Waals surface area contributed by atoms with Crippen molar-refractivity contribution in [1.82, 2.24) is 5.43 Å². The molecule has 1 heterocycles. The van der Waals surface area contributed by atoms with Gasteiger partial charge in [0.15, 0.2) is 11.5 Å². The number of nitrogens with one attached hydrogen (secondary N) is 1. The van der Waals surface area contributed by atoms with Crippen LogP contribution in [0.5, 0.6) is 11.5 Å². The van der Waals surface area contributed by atoms with Gasteiger partial charge in [0.2, 0.25) is 0 Å². The van der Waals surface area contributed by atoms with Gasteiger partial charge in [0, 0.05) is 17.8 Å². The number of aryl methyl sites for hydroxylation is 1. The van der Waals surface area contributed by atoms with E-state index in [0.717, 1.165) is 36.3 Å². The molecule has 1 N–H and O–H groups in total. The van der Waals surface area contributed by atoms with Crippen molar-refractivity contribution in [2.24, 2.45) is 5.10 Å². The van der Waals surface area contributed by atoms with E-state index >= 15 is 0 Å². The summed E-state index contributed by atoms with van der Waals surface area (Å²) in [4.78, 5) is 14.6. The maximum Gasteiger partial charge on any atom is 0.259 e. The van der Waals surface area contributed by atoms with Gasteiger partial charge in [-0.15, -0.1) is 0 Å². The zero-order chi connectivity index (χ0) is 19.9. The van der Waals surface area contributed by atoms with Crippen LogP contribution < -0.4 is 19.8 Å². The van der Waals surface area contributed by atoms with Crippen molar-refractivity contribution in [3.8, 4) is 11.5 Å². The standard InChI is InChI=1S/C22H27N3O3/c1-4-18(17-11-12-20(27-2)21(14-17)28-3)23-24-22(26)15-25-13-7-9-16-8-5-6-10-19(16)25/h5-6,8,10-12,14H,4,7,9,13,15H2,1-3H3,(H,24,26)/b23-18+. The summed E-state index contributed by atoms with van der Waals surface area (Å²) < 4.78 is 10.6. The Morgan fingerprint density at radius 1 is 1.14 bits per heavy atom. The van der Waals surface area contributed by atoms with Gasteiger partial charge in [-0.1, -0.05) is 25.1 Å². The van der Waals surface area contributed by atoms with Gasteiger partial charge in [-0.25, -0.2) is 5.43 Å². The number of nitrogens with zero attached hydrogens (tertiary/aromatic N) is 2. The molecule has 0 bridgehead atoms. The Kier molecular flexibility index (Phi) is 6.53. The van der Waals surface area contributed by atoms with E-state index in [9.17, 15) is 4.79 Å². The molecule has 1 aliphatic rings. The van der Waals surface area contributed by atoms with Crippen molar-refractivity contribution in [3.05, 3.63) is 53.6 Å². The molecule has 0 spiro atoms. The number of ether oxygens (including phenoxy) is 2. The SMILES string of the molecule is CC/C(=N\NC(=O)CN1CCCc2ccccc21)c1ccc(OC)c(OC)c1. The minimum atomic E-state index is -0.122. The predicted octanol–water partition coefficient (Wildman–Crippen LogP) is 3.39. The Bertz CT molecular complexity index is 864. The van der Waals surface area contributed by atoms with Gasteiger partial charge in [-0.2, -0.15) is 5.10 Å². The third kappa shape index (κ3) is 4.44. The molecule has 1 aliphatic heterocycles. The number of para-hydroxylation sites is 1. The Morgan fingerprint density at radius 2 is 1.93 bits per heavy atom. The first-order valence-corrected chi connectivity index (χ1v) is 9.57. The summed E-state index contributed by atoms with van der Waals surface area (Å²) in [7, 11) is 3.20. The molecule has 2 aromatic carbocycles. The second kappa shape index (κ2) is 9.26. The van der Waals surface area contributed by atoms with E-state index in [2.05, 4.69) is 27.6 Å². The van der Waals surface area contributed by atoms with Gasteiger partial charge >= 0.3 is 0 Å². The lowest BCUT2D eigenvalue weighted by molar-refractivity contribution is -0.119. The molecular weight excluding hydrogens is 354 g/mol. The molecule has 0 aliphatic carbocycles. The summed E-state index contributed by atoms with van der Waals surface area (Å²) in [6, 6.07) is 13.9. The molecule has 0 saturated heterocycles. The molecule has 2 aromatic rings. The van der Waals surface area contributed by atoms with Crippen LogP contribution in [-0.2, 0) is 11.2 Å². The van der Waals surface area contributed by atoms with E-state index < -0.39 is 0 Å². The third-order valence-electron chi connectivity index (χ3n) is 4.91. The number of hydrazone groups is 1. The zero-order valence-corrected chi connectivity index (χ0v) is 16.7. The van der Waals surface area contributed by atoms with Gasteiger partial charge in [0.05, 0.1) is 26.5 Å². The topological polar surface area (TPSA) is 63.2 Å². The minimum absolute atomic E-state index is 0.122. The highest BCUT2D eigenvalue weighted by molar-refractivity contribution is 6.01. The molecule has 28 heavy (non-hydrogen) atoms. The summed E-state index contributed by atoms with van der Waals surface area (Å²) >= 11 is 0. The van der Waals surface area contributed by atoms with Crippen LogP contribution in [0.15, 0.2) is 47.6 Å². The van der Waals surface area contributed by atoms with E-state index in [1.807, 2.05) is 37.3 Å². The van der Waals surface area contributed by atoms with Crippen LogP contribution in [0.1, 0.15) is 30.9 Å². The average Bonchev–Trinajstić information content (AvgIpc) is 2.74. The molecular formula is C22H27N3O3. The Balaban J connectivity index is 1.69. The summed E-state index contributed by atoms with van der Waals surface area (Å²) in [5, 5.41) is 4.36. The third-order valence-corrected chi connectivity index (χ3v) is 4.91. The molecule has 0 fully saturated rings. The molecule has 148 valence electrons. The molecule has 0 saturated carbocycles. The van der Waals surface area contributed by atoms with Gasteiger partial charge < -0.3 is 14.4 Å². The van der Waals surface area contributed by atoms with Crippen LogP contribution in [-0.4, -0.2) is 38.9 Å². The largest absolute Gasteiger partial charge is 0.493 e. The number of rotatable bonds is 7. The van der Waals surface area contributed by atoms with Crippen LogP contribution in [0.2, 0.25) is 0 Å². The van der Waals surface area contributed by atoms with Gasteiger partial charge in [0.1, 0.15) is 0 Å². The van der Waals surface area contributed by atoms with Crippen LogP contribution in [0, 0.1) is 0 Å². The van der Waals surface area contributed by atoms with Gasteiger partial charge in [0.25, 0.3) is 5.91 Å². The lowest BCUT2D eigenvalue weighted by Crippen LogP contribution is -2.38. The number of amides is 1. The van der Waals surface area contributed by atoms with Gasteiger partial charge in [-0.3, -0.25) is 4.79 Å². The van der Waals surface area contributed by atoms with Crippen LogP contribution >= 0.6 is 0 Å². The molecule has 3 rings (SSSR count). The number of methoxy groups -OCH3 is 2. The molecule has 0 atom stereocenters. The van der Waals surface area contributed by atoms with Crippen LogP contribution in [0.3, 0.4) is 0 Å². The molecule has 0 unspecified atom stereocenters. The van der Waals surface area contributed by atoms with Crippen molar-refractivity contribution in [2.75, 3.05) is 32.2 Å². The zero-order valence-electron chi connectivity index (χ0n) is 16.7. The number of carbonyl (C=O) groups excluding carboxylic acids is 1. The van der Waals surface area contributed by atoms with Crippen LogP contribution in [0.4, 0.5) is 5.69 Å². The second-order valence-corrected chi connectivity index (χ2v) is 6.67. The normalized spacial score (nSPS) is 13.7. The Hall–Kier alpha value is -3.02. The molecule has 0 radical (unpaired) electrons. The lowest BCUT2D eigenvalue weighted by atomic mass is 10.0. The highest BCUT2D eigenvalue weighted by Crippen LogP contribution is 2.28. The number of anilines is 1. The number of benzene rings is 2. The van der Waals surface area contributed by atoms with E-state index in [-0.39, 0.29) is 5.91 Å². The van der Waals surface area contributed by atoms with E-state index in [1.165, 1.54) is 5.56 Å². The summed E-state index contributed by atoms with van der Waals surface area (Å²) in [5.74, 6) is 1.18. The van der Waals surface area contributed by atoms with Crippen molar-refractivity contribution in [2.45, 2.75) is 26.2 Å². The molecule has 0 aromatic heterocycles. The number of carbonyl (C=O) groups is 1. The van der Waals surface area contributed by atoms with Crippen molar-refractivity contribution >= 4 is 17.3 Å². The fourth-order valence-corrected chi connectivity index (χ4v) is 3.48. The second-order valence-electron chi connectivity index (χ2n) is 6.67. The molecule has 6 heteroatoms. The smallest absolute Gasteiger partial charge is 0.259 e. The Labute approximate surface area is 166 Å². The summed E-state index contributed by atoms with van der Waals surface area (Å²) in [5.41, 5.74) is 6.83. The van der Waals surface area contributed by atoms with Crippen molar-refractivity contribution in [3.63, 3.8) is 0 Å². The maximum atomic E-state index is 12.5. The highest BCUT2D eigenvalue weighted by Gasteiger charge is 2.18. The fraction of sp³-hybridized carbons (Fsp3) is 0.364. The maximum absolute atomic E-state index is 12.5.